The van der Waals surface area contributed by atoms with Gasteiger partial charge in [0.1, 0.15) is 0 Å². The third kappa shape index (κ3) is 5.36. The van der Waals surface area contributed by atoms with E-state index in [9.17, 15) is 4.39 Å². The van der Waals surface area contributed by atoms with Crippen molar-refractivity contribution in [2.75, 3.05) is 6.67 Å². The lowest BCUT2D eigenvalue weighted by atomic mass is 10.1. The third-order valence-electron chi connectivity index (χ3n) is 1.57. The van der Waals surface area contributed by atoms with E-state index in [0.717, 1.165) is 0 Å². The van der Waals surface area contributed by atoms with Gasteiger partial charge in [0, 0.05) is 6.04 Å². The molecule has 0 saturated heterocycles. The summed E-state index contributed by atoms with van der Waals surface area (Å²) in [6.45, 7) is 5.28. The number of benzene rings is 1. The summed E-state index contributed by atoms with van der Waals surface area (Å²) in [6.07, 6.45) is 0. The maximum Gasteiger partial charge on any atom is 0.0866 e. The number of hydrogen-bond acceptors (Lipinski definition) is 1. The molecule has 1 aromatic carbocycles. The highest BCUT2D eigenvalue weighted by molar-refractivity contribution is 5.24. The van der Waals surface area contributed by atoms with Gasteiger partial charge in [-0.15, -0.1) is 0 Å². The van der Waals surface area contributed by atoms with E-state index in [1.165, 1.54) is 18.1 Å². The lowest BCUT2D eigenvalue weighted by Crippen LogP contribution is -2.04. The summed E-state index contributed by atoms with van der Waals surface area (Å²) in [5.41, 5.74) is 8.16. The van der Waals surface area contributed by atoms with Crippen LogP contribution in [0.2, 0.25) is 0 Å². The molecule has 0 amide bonds. The van der Waals surface area contributed by atoms with Gasteiger partial charge < -0.3 is 5.73 Å². The van der Waals surface area contributed by atoms with Gasteiger partial charge in [-0.25, -0.2) is 0 Å². The summed E-state index contributed by atoms with van der Waals surface area (Å²) in [4.78, 5) is 0. The molecule has 13 heavy (non-hydrogen) atoms. The molecule has 74 valence electrons. The Morgan fingerprint density at radius 1 is 1.46 bits per heavy atom. The molecule has 1 nitrogen and oxygen atoms in total. The fraction of sp³-hybridized carbons (Fsp3) is 0.455. The van der Waals surface area contributed by atoms with Crippen LogP contribution in [0.15, 0.2) is 24.3 Å². The largest absolute Gasteiger partial charge is 0.324 e. The van der Waals surface area contributed by atoms with Gasteiger partial charge in [-0.05, 0) is 26.3 Å². The van der Waals surface area contributed by atoms with Crippen molar-refractivity contribution in [3.05, 3.63) is 35.4 Å². The van der Waals surface area contributed by atoms with Gasteiger partial charge in [0.2, 0.25) is 0 Å². The second-order valence-electron chi connectivity index (χ2n) is 2.97. The number of aryl methyl sites for hydroxylation is 1. The van der Waals surface area contributed by atoms with Crippen LogP contribution in [0.3, 0.4) is 0 Å². The Labute approximate surface area is 79.8 Å². The fourth-order valence-corrected chi connectivity index (χ4v) is 0.953. The Balaban J connectivity index is 0.000000424. The van der Waals surface area contributed by atoms with Gasteiger partial charge in [0.15, 0.2) is 0 Å². The first-order chi connectivity index (χ1) is 6.11. The molecule has 0 aliphatic heterocycles. The highest BCUT2D eigenvalue weighted by Gasteiger charge is 1.96. The van der Waals surface area contributed by atoms with Gasteiger partial charge in [0.05, 0.1) is 6.67 Å². The van der Waals surface area contributed by atoms with Gasteiger partial charge in [-0.1, -0.05) is 29.8 Å². The Hall–Kier alpha value is -0.890. The summed E-state index contributed by atoms with van der Waals surface area (Å²) < 4.78 is 10.3. The molecular formula is C11H18FN. The number of alkyl halides is 1. The quantitative estimate of drug-likeness (QED) is 0.711. The second kappa shape index (κ2) is 6.61. The van der Waals surface area contributed by atoms with Crippen molar-refractivity contribution in [2.24, 2.45) is 5.73 Å². The molecule has 1 aromatic rings. The number of hydrogen-bond donors (Lipinski definition) is 1. The van der Waals surface area contributed by atoms with Crippen molar-refractivity contribution < 1.29 is 4.39 Å². The van der Waals surface area contributed by atoms with Crippen molar-refractivity contribution in [3.63, 3.8) is 0 Å². The van der Waals surface area contributed by atoms with Gasteiger partial charge in [-0.3, -0.25) is 4.39 Å². The zero-order valence-corrected chi connectivity index (χ0v) is 8.55. The first kappa shape index (κ1) is 12.1. The first-order valence-electron chi connectivity index (χ1n) is 4.50. The molecule has 1 rings (SSSR count). The van der Waals surface area contributed by atoms with E-state index in [-0.39, 0.29) is 12.7 Å². The van der Waals surface area contributed by atoms with Crippen LogP contribution < -0.4 is 5.73 Å². The van der Waals surface area contributed by atoms with E-state index in [1.807, 2.05) is 13.0 Å². The van der Waals surface area contributed by atoms with Crippen molar-refractivity contribution >= 4 is 0 Å². The smallest absolute Gasteiger partial charge is 0.0866 e. The summed E-state index contributed by atoms with van der Waals surface area (Å²) in [7, 11) is 0. The van der Waals surface area contributed by atoms with Gasteiger partial charge in [-0.2, -0.15) is 0 Å². The highest BCUT2D eigenvalue weighted by Crippen LogP contribution is 2.10. The Morgan fingerprint density at radius 2 is 2.00 bits per heavy atom. The number of halogens is 1. The minimum atomic E-state index is -0.250. The van der Waals surface area contributed by atoms with Crippen LogP contribution in [-0.4, -0.2) is 6.67 Å². The molecule has 0 saturated carbocycles. The molecule has 0 radical (unpaired) electrons. The van der Waals surface area contributed by atoms with E-state index < -0.39 is 0 Å². The van der Waals surface area contributed by atoms with E-state index in [4.69, 9.17) is 5.73 Å². The maximum atomic E-state index is 10.3. The predicted molar refractivity (Wildman–Crippen MR) is 55.4 cm³/mol. The van der Waals surface area contributed by atoms with Crippen molar-refractivity contribution in [2.45, 2.75) is 26.8 Å². The molecule has 0 aliphatic rings. The molecule has 1 unspecified atom stereocenters. The molecule has 0 aromatic heterocycles. The lowest BCUT2D eigenvalue weighted by Gasteiger charge is -2.04. The van der Waals surface area contributed by atoms with Gasteiger partial charge in [0.25, 0.3) is 0 Å². The van der Waals surface area contributed by atoms with Crippen LogP contribution >= 0.6 is 0 Å². The van der Waals surface area contributed by atoms with E-state index in [0.29, 0.717) is 0 Å². The van der Waals surface area contributed by atoms with Crippen LogP contribution in [0.25, 0.3) is 0 Å². The second-order valence-corrected chi connectivity index (χ2v) is 2.97. The maximum absolute atomic E-state index is 10.3. The third-order valence-corrected chi connectivity index (χ3v) is 1.57. The molecule has 2 N–H and O–H groups in total. The highest BCUT2D eigenvalue weighted by atomic mass is 19.1. The summed E-state index contributed by atoms with van der Waals surface area (Å²) in [5.74, 6) is 0. The van der Waals surface area contributed by atoms with E-state index in [1.54, 1.807) is 0 Å². The van der Waals surface area contributed by atoms with Gasteiger partial charge >= 0.3 is 0 Å². The Morgan fingerprint density at radius 3 is 2.31 bits per heavy atom. The molecule has 1 atom stereocenters. The SMILES string of the molecule is CCF.Cc1cccc(C(C)N)c1. The molecule has 0 aliphatic carbocycles. The van der Waals surface area contributed by atoms with Crippen molar-refractivity contribution in [3.8, 4) is 0 Å². The Kier molecular flexibility index (Phi) is 6.15. The molecule has 0 bridgehead atoms. The average Bonchev–Trinajstić information content (AvgIpc) is 2.05. The summed E-state index contributed by atoms with van der Waals surface area (Å²) in [5, 5.41) is 0. The lowest BCUT2D eigenvalue weighted by molar-refractivity contribution is 0.527. The van der Waals surface area contributed by atoms with Crippen molar-refractivity contribution in [1.82, 2.24) is 0 Å². The van der Waals surface area contributed by atoms with E-state index in [2.05, 4.69) is 25.1 Å². The van der Waals surface area contributed by atoms with E-state index >= 15 is 0 Å². The summed E-state index contributed by atoms with van der Waals surface area (Å²) in [6, 6.07) is 8.43. The molecule has 2 heteroatoms. The topological polar surface area (TPSA) is 26.0 Å². The minimum Gasteiger partial charge on any atom is -0.324 e. The van der Waals surface area contributed by atoms with Crippen LogP contribution in [0.4, 0.5) is 4.39 Å². The molecule has 0 spiro atoms. The first-order valence-corrected chi connectivity index (χ1v) is 4.50. The fourth-order valence-electron chi connectivity index (χ4n) is 0.953. The normalized spacial score (nSPS) is 11.5. The van der Waals surface area contributed by atoms with Crippen LogP contribution in [0.5, 0.6) is 0 Å². The number of rotatable bonds is 1. The van der Waals surface area contributed by atoms with Crippen molar-refractivity contribution in [1.29, 1.82) is 0 Å². The average molecular weight is 183 g/mol. The van der Waals surface area contributed by atoms with Crippen LogP contribution in [-0.2, 0) is 0 Å². The molecule has 0 heterocycles. The Bertz CT molecular complexity index is 233. The zero-order valence-electron chi connectivity index (χ0n) is 8.55. The summed E-state index contributed by atoms with van der Waals surface area (Å²) >= 11 is 0. The predicted octanol–water partition coefficient (Wildman–Crippen LogP) is 2.99. The zero-order chi connectivity index (χ0) is 10.3. The number of nitrogens with two attached hydrogens (primary N) is 1. The minimum absolute atomic E-state index is 0.153. The van der Waals surface area contributed by atoms with Crippen LogP contribution in [0, 0.1) is 6.92 Å². The standard InChI is InChI=1S/C9H13N.C2H5F/c1-7-4-3-5-9(6-7)8(2)10;1-2-3/h3-6,8H,10H2,1-2H3;2H2,1H3. The molecular weight excluding hydrogens is 165 g/mol. The van der Waals surface area contributed by atoms with Crippen LogP contribution in [0.1, 0.15) is 31.0 Å². The monoisotopic (exact) mass is 183 g/mol. The molecule has 0 fully saturated rings.